The molecule has 3 nitrogen and oxygen atoms in total. The highest BCUT2D eigenvalue weighted by Crippen LogP contribution is 2.29. The van der Waals surface area contributed by atoms with E-state index >= 15 is 0 Å². The first kappa shape index (κ1) is 11.5. The van der Waals surface area contributed by atoms with Gasteiger partial charge in [0.05, 0.1) is 7.11 Å². The number of nitrogens with zero attached hydrogens (tertiary/aromatic N) is 1. The Morgan fingerprint density at radius 3 is 2.81 bits per heavy atom. The van der Waals surface area contributed by atoms with E-state index in [2.05, 4.69) is 15.9 Å². The minimum Gasteiger partial charge on any atom is -0.497 e. The molecule has 1 aliphatic heterocycles. The predicted octanol–water partition coefficient (Wildman–Crippen LogP) is 2.97. The van der Waals surface area contributed by atoms with Crippen molar-refractivity contribution in [3.8, 4) is 5.75 Å². The number of carbonyl (C=O) groups excluding carboxylic acids is 1. The first-order valence-electron chi connectivity index (χ1n) is 5.35. The zero-order valence-corrected chi connectivity index (χ0v) is 10.8. The molecule has 1 heterocycles. The molecular formula is C12H14BrNO2. The van der Waals surface area contributed by atoms with Crippen molar-refractivity contribution in [3.63, 3.8) is 0 Å². The van der Waals surface area contributed by atoms with Gasteiger partial charge < -0.3 is 9.64 Å². The zero-order chi connectivity index (χ0) is 11.5. The molecule has 1 aliphatic rings. The molecule has 0 N–H and O–H groups in total. The molecule has 0 spiro atoms. The maximum absolute atomic E-state index is 11.8. The van der Waals surface area contributed by atoms with Crippen molar-refractivity contribution in [2.24, 2.45) is 0 Å². The van der Waals surface area contributed by atoms with Crippen LogP contribution in [0.4, 0.5) is 5.69 Å². The highest BCUT2D eigenvalue weighted by atomic mass is 79.9. The van der Waals surface area contributed by atoms with Gasteiger partial charge in [0, 0.05) is 29.2 Å². The Hall–Kier alpha value is -1.03. The average molecular weight is 284 g/mol. The van der Waals surface area contributed by atoms with Crippen molar-refractivity contribution < 1.29 is 9.53 Å². The lowest BCUT2D eigenvalue weighted by Gasteiger charge is -2.27. The third-order valence-electron chi connectivity index (χ3n) is 2.73. The molecule has 2 rings (SSSR count). The molecule has 0 unspecified atom stereocenters. The van der Waals surface area contributed by atoms with Crippen molar-refractivity contribution >= 4 is 27.5 Å². The monoisotopic (exact) mass is 283 g/mol. The summed E-state index contributed by atoms with van der Waals surface area (Å²) in [6, 6.07) is 5.73. The highest BCUT2D eigenvalue weighted by molar-refractivity contribution is 9.10. The number of methoxy groups -OCH3 is 1. The van der Waals surface area contributed by atoms with Crippen LogP contribution in [0.3, 0.4) is 0 Å². The Bertz CT molecular complexity index is 406. The number of halogens is 1. The minimum absolute atomic E-state index is 0.200. The molecule has 0 aromatic heterocycles. The summed E-state index contributed by atoms with van der Waals surface area (Å²) in [5, 5.41) is 0. The van der Waals surface area contributed by atoms with E-state index in [9.17, 15) is 4.79 Å². The van der Waals surface area contributed by atoms with E-state index in [0.29, 0.717) is 6.42 Å². The lowest BCUT2D eigenvalue weighted by atomic mass is 10.1. The normalized spacial score (nSPS) is 16.4. The quantitative estimate of drug-likeness (QED) is 0.835. The first-order chi connectivity index (χ1) is 7.70. The fourth-order valence-electron chi connectivity index (χ4n) is 1.90. The van der Waals surface area contributed by atoms with Crippen molar-refractivity contribution in [3.05, 3.63) is 22.7 Å². The van der Waals surface area contributed by atoms with Gasteiger partial charge in [-0.05, 0) is 25.0 Å². The van der Waals surface area contributed by atoms with E-state index < -0.39 is 0 Å². The maximum atomic E-state index is 11.8. The molecule has 1 fully saturated rings. The fourth-order valence-corrected chi connectivity index (χ4v) is 2.36. The van der Waals surface area contributed by atoms with Gasteiger partial charge in [-0.2, -0.15) is 0 Å². The topological polar surface area (TPSA) is 29.5 Å². The second-order valence-electron chi connectivity index (χ2n) is 3.85. The molecule has 86 valence electrons. The molecule has 1 aromatic rings. The number of benzene rings is 1. The SMILES string of the molecule is COc1cc(Br)cc(N2CCCCC2=O)c1. The second-order valence-corrected chi connectivity index (χ2v) is 4.77. The minimum atomic E-state index is 0.200. The average Bonchev–Trinajstić information content (AvgIpc) is 2.28. The fraction of sp³-hybridized carbons (Fsp3) is 0.417. The number of ether oxygens (including phenoxy) is 1. The maximum Gasteiger partial charge on any atom is 0.226 e. The Morgan fingerprint density at radius 1 is 1.31 bits per heavy atom. The molecule has 0 atom stereocenters. The standard InChI is InChI=1S/C12H14BrNO2/c1-16-11-7-9(13)6-10(8-11)14-5-3-2-4-12(14)15/h6-8H,2-5H2,1H3. The summed E-state index contributed by atoms with van der Waals surface area (Å²) < 4.78 is 6.12. The molecule has 16 heavy (non-hydrogen) atoms. The van der Waals surface area contributed by atoms with Gasteiger partial charge in [0.1, 0.15) is 5.75 Å². The Morgan fingerprint density at radius 2 is 2.12 bits per heavy atom. The van der Waals surface area contributed by atoms with Crippen molar-refractivity contribution in [2.75, 3.05) is 18.6 Å². The van der Waals surface area contributed by atoms with E-state index in [1.807, 2.05) is 23.1 Å². The van der Waals surface area contributed by atoms with Crippen LogP contribution in [0.5, 0.6) is 5.75 Å². The van der Waals surface area contributed by atoms with Crippen LogP contribution in [-0.2, 0) is 4.79 Å². The van der Waals surface area contributed by atoms with Gasteiger partial charge in [0.15, 0.2) is 0 Å². The Balaban J connectivity index is 2.31. The summed E-state index contributed by atoms with van der Waals surface area (Å²) in [4.78, 5) is 13.6. The van der Waals surface area contributed by atoms with Crippen LogP contribution in [0, 0.1) is 0 Å². The summed E-state index contributed by atoms with van der Waals surface area (Å²) in [6.07, 6.45) is 2.72. The molecule has 1 aromatic carbocycles. The van der Waals surface area contributed by atoms with E-state index in [4.69, 9.17) is 4.74 Å². The van der Waals surface area contributed by atoms with Gasteiger partial charge in [-0.3, -0.25) is 4.79 Å². The third-order valence-corrected chi connectivity index (χ3v) is 3.18. The van der Waals surface area contributed by atoms with Crippen molar-refractivity contribution in [1.82, 2.24) is 0 Å². The van der Waals surface area contributed by atoms with E-state index in [-0.39, 0.29) is 5.91 Å². The lowest BCUT2D eigenvalue weighted by molar-refractivity contribution is -0.119. The second kappa shape index (κ2) is 4.87. The van der Waals surface area contributed by atoms with Crippen LogP contribution < -0.4 is 9.64 Å². The Kier molecular flexibility index (Phi) is 3.49. The van der Waals surface area contributed by atoms with Crippen LogP contribution in [-0.4, -0.2) is 19.6 Å². The number of hydrogen-bond donors (Lipinski definition) is 0. The molecule has 1 amide bonds. The number of carbonyl (C=O) groups is 1. The largest absolute Gasteiger partial charge is 0.497 e. The molecule has 0 saturated carbocycles. The van der Waals surface area contributed by atoms with E-state index in [1.165, 1.54) is 0 Å². The van der Waals surface area contributed by atoms with Gasteiger partial charge in [0.2, 0.25) is 5.91 Å². The first-order valence-corrected chi connectivity index (χ1v) is 6.15. The molecule has 0 radical (unpaired) electrons. The van der Waals surface area contributed by atoms with Gasteiger partial charge >= 0.3 is 0 Å². The third kappa shape index (κ3) is 2.38. The highest BCUT2D eigenvalue weighted by Gasteiger charge is 2.20. The van der Waals surface area contributed by atoms with Gasteiger partial charge in [-0.15, -0.1) is 0 Å². The molecule has 4 heteroatoms. The van der Waals surface area contributed by atoms with Crippen LogP contribution >= 0.6 is 15.9 Å². The van der Waals surface area contributed by atoms with E-state index in [1.54, 1.807) is 7.11 Å². The molecular weight excluding hydrogens is 270 g/mol. The van der Waals surface area contributed by atoms with E-state index in [0.717, 1.165) is 35.3 Å². The lowest BCUT2D eigenvalue weighted by Crippen LogP contribution is -2.35. The number of rotatable bonds is 2. The number of hydrogen-bond acceptors (Lipinski definition) is 2. The zero-order valence-electron chi connectivity index (χ0n) is 9.20. The van der Waals surface area contributed by atoms with Crippen molar-refractivity contribution in [2.45, 2.75) is 19.3 Å². The van der Waals surface area contributed by atoms with Gasteiger partial charge in [0.25, 0.3) is 0 Å². The van der Waals surface area contributed by atoms with Crippen LogP contribution in [0.15, 0.2) is 22.7 Å². The summed E-state index contributed by atoms with van der Waals surface area (Å²) in [5.74, 6) is 0.967. The van der Waals surface area contributed by atoms with Crippen molar-refractivity contribution in [1.29, 1.82) is 0 Å². The molecule has 1 saturated heterocycles. The summed E-state index contributed by atoms with van der Waals surface area (Å²) in [6.45, 7) is 0.804. The number of amides is 1. The summed E-state index contributed by atoms with van der Waals surface area (Å²) >= 11 is 3.42. The number of anilines is 1. The summed E-state index contributed by atoms with van der Waals surface area (Å²) in [7, 11) is 1.63. The molecule has 0 aliphatic carbocycles. The van der Waals surface area contributed by atoms with Crippen LogP contribution in [0.2, 0.25) is 0 Å². The summed E-state index contributed by atoms with van der Waals surface area (Å²) in [5.41, 5.74) is 0.913. The van der Waals surface area contributed by atoms with Crippen LogP contribution in [0.1, 0.15) is 19.3 Å². The van der Waals surface area contributed by atoms with Gasteiger partial charge in [-0.25, -0.2) is 0 Å². The Labute approximate surface area is 104 Å². The number of piperidine rings is 1. The smallest absolute Gasteiger partial charge is 0.226 e. The molecule has 0 bridgehead atoms. The van der Waals surface area contributed by atoms with Crippen LogP contribution in [0.25, 0.3) is 0 Å². The predicted molar refractivity (Wildman–Crippen MR) is 66.9 cm³/mol. The van der Waals surface area contributed by atoms with Gasteiger partial charge in [-0.1, -0.05) is 15.9 Å².